The van der Waals surface area contributed by atoms with Crippen LogP contribution in [0.15, 0.2) is 28.7 Å². The zero-order chi connectivity index (χ0) is 10.7. The van der Waals surface area contributed by atoms with E-state index in [0.29, 0.717) is 11.8 Å². The Bertz CT molecular complexity index is 451. The molecule has 0 aliphatic rings. The lowest BCUT2D eigenvalue weighted by Crippen LogP contribution is -1.83. The molecule has 1 aromatic heterocycles. The van der Waals surface area contributed by atoms with E-state index in [1.165, 1.54) is 0 Å². The van der Waals surface area contributed by atoms with Gasteiger partial charge in [0.25, 0.3) is 0 Å². The Morgan fingerprint density at radius 3 is 2.87 bits per heavy atom. The van der Waals surface area contributed by atoms with Crippen LogP contribution in [-0.2, 0) is 6.42 Å². The molecule has 15 heavy (non-hydrogen) atoms. The molecule has 0 bridgehead atoms. The van der Waals surface area contributed by atoms with Gasteiger partial charge in [0.2, 0.25) is 11.8 Å². The predicted octanol–water partition coefficient (Wildman–Crippen LogP) is 2.31. The normalized spacial score (nSPS) is 10.3. The van der Waals surface area contributed by atoms with Crippen LogP contribution in [0.1, 0.15) is 12.8 Å². The topological polar surface area (TPSA) is 48.2 Å². The van der Waals surface area contributed by atoms with Gasteiger partial charge < -0.3 is 9.15 Å². The first-order chi connectivity index (χ1) is 7.33. The minimum absolute atomic E-state index is 0.533. The smallest absolute Gasteiger partial charge is 0.247 e. The number of aromatic nitrogens is 2. The van der Waals surface area contributed by atoms with E-state index in [9.17, 15) is 0 Å². The Morgan fingerprint density at radius 2 is 2.20 bits per heavy atom. The quantitative estimate of drug-likeness (QED) is 0.769. The number of nitrogens with zero attached hydrogens (tertiary/aromatic N) is 2. The second-order valence-electron chi connectivity index (χ2n) is 3.09. The van der Waals surface area contributed by atoms with Crippen LogP contribution in [-0.4, -0.2) is 17.3 Å². The van der Waals surface area contributed by atoms with Gasteiger partial charge in [-0.3, -0.25) is 0 Å². The fraction of sp³-hybridized carbons (Fsp3) is 0.273. The summed E-state index contributed by atoms with van der Waals surface area (Å²) < 4.78 is 10.6. The van der Waals surface area contributed by atoms with E-state index in [0.717, 1.165) is 17.7 Å². The van der Waals surface area contributed by atoms with E-state index in [1.54, 1.807) is 7.11 Å². The Hall–Kier alpha value is -1.84. The molecule has 0 fully saturated rings. The lowest BCUT2D eigenvalue weighted by molar-refractivity contribution is 0.414. The maximum Gasteiger partial charge on any atom is 0.247 e. The molecule has 0 aliphatic carbocycles. The fourth-order valence-electron chi connectivity index (χ4n) is 1.27. The van der Waals surface area contributed by atoms with Crippen molar-refractivity contribution in [1.82, 2.24) is 10.2 Å². The Labute approximate surface area is 87.9 Å². The molecule has 0 spiro atoms. The molecule has 0 atom stereocenters. The van der Waals surface area contributed by atoms with Crippen LogP contribution in [0.25, 0.3) is 11.5 Å². The van der Waals surface area contributed by atoms with Gasteiger partial charge in [-0.05, 0) is 18.2 Å². The molecule has 0 N–H and O–H groups in total. The highest BCUT2D eigenvalue weighted by Gasteiger charge is 2.07. The van der Waals surface area contributed by atoms with Crippen molar-refractivity contribution in [3.63, 3.8) is 0 Å². The lowest BCUT2D eigenvalue weighted by Gasteiger charge is -1.99. The van der Waals surface area contributed by atoms with Crippen molar-refractivity contribution in [2.45, 2.75) is 13.3 Å². The molecule has 0 amide bonds. The zero-order valence-electron chi connectivity index (χ0n) is 8.73. The van der Waals surface area contributed by atoms with E-state index >= 15 is 0 Å². The second kappa shape index (κ2) is 4.13. The van der Waals surface area contributed by atoms with E-state index in [1.807, 2.05) is 31.2 Å². The van der Waals surface area contributed by atoms with Crippen LogP contribution in [0.4, 0.5) is 0 Å². The van der Waals surface area contributed by atoms with Gasteiger partial charge in [0, 0.05) is 12.0 Å². The molecule has 2 aromatic rings. The number of hydrogen-bond donors (Lipinski definition) is 0. The number of benzene rings is 1. The number of aryl methyl sites for hydroxylation is 1. The summed E-state index contributed by atoms with van der Waals surface area (Å²) >= 11 is 0. The summed E-state index contributed by atoms with van der Waals surface area (Å²) in [4.78, 5) is 0. The first-order valence-corrected chi connectivity index (χ1v) is 4.80. The average molecular weight is 204 g/mol. The third-order valence-corrected chi connectivity index (χ3v) is 2.09. The molecule has 78 valence electrons. The third kappa shape index (κ3) is 1.98. The minimum atomic E-state index is 0.533. The Balaban J connectivity index is 2.35. The molecule has 1 aromatic carbocycles. The van der Waals surface area contributed by atoms with Gasteiger partial charge >= 0.3 is 0 Å². The molecule has 4 nitrogen and oxygen atoms in total. The third-order valence-electron chi connectivity index (χ3n) is 2.09. The van der Waals surface area contributed by atoms with Crippen molar-refractivity contribution < 1.29 is 9.15 Å². The van der Waals surface area contributed by atoms with E-state index in [2.05, 4.69) is 10.2 Å². The van der Waals surface area contributed by atoms with Gasteiger partial charge in [-0.25, -0.2) is 0 Å². The van der Waals surface area contributed by atoms with Crippen molar-refractivity contribution in [3.8, 4) is 17.2 Å². The molecule has 0 aliphatic heterocycles. The van der Waals surface area contributed by atoms with Crippen molar-refractivity contribution in [2.24, 2.45) is 0 Å². The predicted molar refractivity (Wildman–Crippen MR) is 55.7 cm³/mol. The van der Waals surface area contributed by atoms with Crippen molar-refractivity contribution in [3.05, 3.63) is 30.2 Å². The van der Waals surface area contributed by atoms with Gasteiger partial charge in [-0.2, -0.15) is 0 Å². The van der Waals surface area contributed by atoms with Gasteiger partial charge in [-0.1, -0.05) is 13.0 Å². The molecule has 2 rings (SSSR count). The van der Waals surface area contributed by atoms with Crippen LogP contribution in [0.2, 0.25) is 0 Å². The molecule has 1 heterocycles. The Kier molecular flexibility index (Phi) is 2.67. The number of hydrogen-bond acceptors (Lipinski definition) is 4. The first-order valence-electron chi connectivity index (χ1n) is 4.80. The number of methoxy groups -OCH3 is 1. The molecule has 0 radical (unpaired) electrons. The van der Waals surface area contributed by atoms with Crippen LogP contribution in [0.3, 0.4) is 0 Å². The number of rotatable bonds is 3. The van der Waals surface area contributed by atoms with Crippen LogP contribution in [0, 0.1) is 0 Å². The van der Waals surface area contributed by atoms with Crippen LogP contribution >= 0.6 is 0 Å². The molecule has 0 saturated heterocycles. The standard InChI is InChI=1S/C11H12N2O2/c1-3-10-12-13-11(15-10)8-5-4-6-9(7-8)14-2/h4-7H,3H2,1-2H3. The first kappa shape index (κ1) is 9.71. The molecule has 0 saturated carbocycles. The monoisotopic (exact) mass is 204 g/mol. The van der Waals surface area contributed by atoms with Gasteiger partial charge in [0.15, 0.2) is 0 Å². The molecule has 4 heteroatoms. The Morgan fingerprint density at radius 1 is 1.33 bits per heavy atom. The van der Waals surface area contributed by atoms with Crippen LogP contribution < -0.4 is 4.74 Å². The highest BCUT2D eigenvalue weighted by Crippen LogP contribution is 2.22. The average Bonchev–Trinajstić information content (AvgIpc) is 2.78. The molecular weight excluding hydrogens is 192 g/mol. The van der Waals surface area contributed by atoms with E-state index < -0.39 is 0 Å². The summed E-state index contributed by atoms with van der Waals surface area (Å²) in [5.74, 6) is 1.96. The molecule has 0 unspecified atom stereocenters. The van der Waals surface area contributed by atoms with Crippen molar-refractivity contribution >= 4 is 0 Å². The highest BCUT2D eigenvalue weighted by atomic mass is 16.5. The summed E-state index contributed by atoms with van der Waals surface area (Å²) in [7, 11) is 1.63. The van der Waals surface area contributed by atoms with Gasteiger partial charge in [0.1, 0.15) is 5.75 Å². The van der Waals surface area contributed by atoms with Crippen molar-refractivity contribution in [1.29, 1.82) is 0 Å². The maximum atomic E-state index is 5.44. The fourth-order valence-corrected chi connectivity index (χ4v) is 1.27. The maximum absolute atomic E-state index is 5.44. The summed E-state index contributed by atoms with van der Waals surface area (Å²) in [6, 6.07) is 7.55. The SMILES string of the molecule is CCc1nnc(-c2cccc(OC)c2)o1. The van der Waals surface area contributed by atoms with Gasteiger partial charge in [-0.15, -0.1) is 10.2 Å². The lowest BCUT2D eigenvalue weighted by atomic mass is 10.2. The summed E-state index contributed by atoms with van der Waals surface area (Å²) in [6.07, 6.45) is 0.747. The van der Waals surface area contributed by atoms with E-state index in [4.69, 9.17) is 9.15 Å². The largest absolute Gasteiger partial charge is 0.497 e. The second-order valence-corrected chi connectivity index (χ2v) is 3.09. The zero-order valence-corrected chi connectivity index (χ0v) is 8.73. The van der Waals surface area contributed by atoms with E-state index in [-0.39, 0.29) is 0 Å². The molecular formula is C11H12N2O2. The number of ether oxygens (including phenoxy) is 1. The summed E-state index contributed by atoms with van der Waals surface area (Å²) in [6.45, 7) is 1.98. The highest BCUT2D eigenvalue weighted by molar-refractivity contribution is 5.55. The van der Waals surface area contributed by atoms with Crippen molar-refractivity contribution in [2.75, 3.05) is 7.11 Å². The minimum Gasteiger partial charge on any atom is -0.497 e. The van der Waals surface area contributed by atoms with Gasteiger partial charge in [0.05, 0.1) is 7.11 Å². The van der Waals surface area contributed by atoms with Crippen LogP contribution in [0.5, 0.6) is 5.75 Å². The summed E-state index contributed by atoms with van der Waals surface area (Å²) in [5, 5.41) is 7.87. The summed E-state index contributed by atoms with van der Waals surface area (Å²) in [5.41, 5.74) is 0.876.